The Morgan fingerprint density at radius 2 is 2.00 bits per heavy atom. The highest BCUT2D eigenvalue weighted by molar-refractivity contribution is 5.91. The first-order chi connectivity index (χ1) is 12.8. The molecule has 6 heteroatoms. The molecule has 1 aromatic carbocycles. The third-order valence-electron chi connectivity index (χ3n) is 3.83. The van der Waals surface area contributed by atoms with E-state index in [1.54, 1.807) is 29.4 Å². The monoisotopic (exact) mass is 351 g/mol. The average Bonchev–Trinajstić information content (AvgIpc) is 3.35. The van der Waals surface area contributed by atoms with Crippen LogP contribution in [0.5, 0.6) is 0 Å². The number of benzene rings is 1. The number of carbonyl (C=O) groups excluding carboxylic acids is 1. The van der Waals surface area contributed by atoms with Crippen molar-refractivity contribution in [2.24, 2.45) is 0 Å². The van der Waals surface area contributed by atoms with E-state index in [4.69, 9.17) is 8.94 Å². The minimum Gasteiger partial charge on any atom is -0.461 e. The van der Waals surface area contributed by atoms with Crippen LogP contribution in [0.15, 0.2) is 63.7 Å². The van der Waals surface area contributed by atoms with Crippen molar-refractivity contribution in [2.75, 3.05) is 13.1 Å². The van der Waals surface area contributed by atoms with Crippen LogP contribution in [-0.2, 0) is 11.2 Å². The predicted molar refractivity (Wildman–Crippen MR) is 98.1 cm³/mol. The second-order valence-electron chi connectivity index (χ2n) is 5.81. The first-order valence-corrected chi connectivity index (χ1v) is 8.64. The number of nitrogens with zero attached hydrogens (tertiary/aromatic N) is 3. The lowest BCUT2D eigenvalue weighted by molar-refractivity contribution is -0.126. The molecule has 0 spiro atoms. The van der Waals surface area contributed by atoms with Crippen molar-refractivity contribution in [1.82, 2.24) is 15.0 Å². The smallest absolute Gasteiger partial charge is 0.246 e. The summed E-state index contributed by atoms with van der Waals surface area (Å²) >= 11 is 0. The molecule has 6 nitrogen and oxygen atoms in total. The number of rotatable bonds is 8. The molecule has 134 valence electrons. The average molecular weight is 351 g/mol. The van der Waals surface area contributed by atoms with Crippen molar-refractivity contribution in [1.29, 1.82) is 0 Å². The molecule has 0 aliphatic heterocycles. The van der Waals surface area contributed by atoms with Crippen LogP contribution in [0.2, 0.25) is 0 Å². The van der Waals surface area contributed by atoms with Crippen LogP contribution in [0.25, 0.3) is 17.7 Å². The number of hydrogen-bond acceptors (Lipinski definition) is 5. The summed E-state index contributed by atoms with van der Waals surface area (Å²) in [6.07, 6.45) is 6.37. The molecule has 3 rings (SSSR count). The Hall–Kier alpha value is -3.15. The van der Waals surface area contributed by atoms with Gasteiger partial charge in [0, 0.05) is 25.6 Å². The molecule has 0 unspecified atom stereocenters. The van der Waals surface area contributed by atoms with Gasteiger partial charge >= 0.3 is 0 Å². The van der Waals surface area contributed by atoms with Crippen LogP contribution in [-0.4, -0.2) is 34.0 Å². The quantitative estimate of drug-likeness (QED) is 0.577. The van der Waals surface area contributed by atoms with Crippen LogP contribution >= 0.6 is 0 Å². The zero-order valence-electron chi connectivity index (χ0n) is 14.7. The lowest BCUT2D eigenvalue weighted by Gasteiger charge is -2.19. The molecule has 0 saturated carbocycles. The fraction of sp³-hybridized carbons (Fsp3) is 0.250. The van der Waals surface area contributed by atoms with Gasteiger partial charge in [0.15, 0.2) is 5.76 Å². The van der Waals surface area contributed by atoms with E-state index in [0.717, 1.165) is 12.0 Å². The van der Waals surface area contributed by atoms with Gasteiger partial charge in [0.2, 0.25) is 17.6 Å². The highest BCUT2D eigenvalue weighted by atomic mass is 16.5. The molecule has 0 bridgehead atoms. The molecule has 0 aliphatic rings. The summed E-state index contributed by atoms with van der Waals surface area (Å²) in [5.41, 5.74) is 0.997. The van der Waals surface area contributed by atoms with Gasteiger partial charge in [-0.2, -0.15) is 4.98 Å². The molecule has 0 aliphatic carbocycles. The first kappa shape index (κ1) is 17.7. The molecular weight excluding hydrogens is 330 g/mol. The molecular formula is C20H21N3O3. The van der Waals surface area contributed by atoms with Crippen molar-refractivity contribution in [3.8, 4) is 11.6 Å². The highest BCUT2D eigenvalue weighted by Crippen LogP contribution is 2.16. The van der Waals surface area contributed by atoms with Gasteiger partial charge < -0.3 is 13.8 Å². The molecule has 26 heavy (non-hydrogen) atoms. The summed E-state index contributed by atoms with van der Waals surface area (Å²) in [5, 5.41) is 3.91. The lowest BCUT2D eigenvalue weighted by Crippen LogP contribution is -2.32. The third-order valence-corrected chi connectivity index (χ3v) is 3.83. The van der Waals surface area contributed by atoms with Gasteiger partial charge in [-0.15, -0.1) is 0 Å². The topological polar surface area (TPSA) is 72.4 Å². The van der Waals surface area contributed by atoms with E-state index in [1.807, 2.05) is 43.3 Å². The molecule has 2 heterocycles. The van der Waals surface area contributed by atoms with Crippen LogP contribution in [0.4, 0.5) is 0 Å². The molecule has 3 aromatic rings. The van der Waals surface area contributed by atoms with E-state index < -0.39 is 0 Å². The summed E-state index contributed by atoms with van der Waals surface area (Å²) in [6.45, 7) is 3.24. The SMILES string of the molecule is CCCN(CCc1nc(-c2ccco2)no1)C(=O)/C=C/c1ccccc1. The Kier molecular flexibility index (Phi) is 5.98. The van der Waals surface area contributed by atoms with E-state index in [9.17, 15) is 4.79 Å². The summed E-state index contributed by atoms with van der Waals surface area (Å²) in [4.78, 5) is 18.6. The van der Waals surface area contributed by atoms with Gasteiger partial charge in [-0.05, 0) is 30.2 Å². The Balaban J connectivity index is 1.59. The Morgan fingerprint density at radius 1 is 1.15 bits per heavy atom. The van der Waals surface area contributed by atoms with Gasteiger partial charge in [-0.25, -0.2) is 0 Å². The van der Waals surface area contributed by atoms with E-state index >= 15 is 0 Å². The fourth-order valence-electron chi connectivity index (χ4n) is 2.53. The normalized spacial score (nSPS) is 11.1. The fourth-order valence-corrected chi connectivity index (χ4v) is 2.53. The van der Waals surface area contributed by atoms with Crippen LogP contribution < -0.4 is 0 Å². The molecule has 0 atom stereocenters. The molecule has 0 fully saturated rings. The van der Waals surface area contributed by atoms with Crippen molar-refractivity contribution in [3.63, 3.8) is 0 Å². The predicted octanol–water partition coefficient (Wildman–Crippen LogP) is 3.82. The van der Waals surface area contributed by atoms with E-state index in [0.29, 0.717) is 37.0 Å². The third kappa shape index (κ3) is 4.69. The van der Waals surface area contributed by atoms with Crippen LogP contribution in [0.3, 0.4) is 0 Å². The van der Waals surface area contributed by atoms with Gasteiger partial charge in [0.05, 0.1) is 6.26 Å². The first-order valence-electron chi connectivity index (χ1n) is 8.64. The van der Waals surface area contributed by atoms with Crippen molar-refractivity contribution < 1.29 is 13.7 Å². The Bertz CT molecular complexity index is 838. The van der Waals surface area contributed by atoms with E-state index in [2.05, 4.69) is 10.1 Å². The molecule has 0 N–H and O–H groups in total. The minimum atomic E-state index is -0.0264. The maximum atomic E-state index is 12.5. The maximum absolute atomic E-state index is 12.5. The number of carbonyl (C=O) groups is 1. The maximum Gasteiger partial charge on any atom is 0.246 e. The van der Waals surface area contributed by atoms with Gasteiger partial charge in [-0.3, -0.25) is 4.79 Å². The standard InChI is InChI=1S/C20H21N3O3/c1-2-13-23(19(24)11-10-16-7-4-3-5-8-16)14-12-18-21-20(22-26-18)17-9-6-15-25-17/h3-11,15H,2,12-14H2,1H3/b11-10+. The van der Waals surface area contributed by atoms with Crippen LogP contribution in [0, 0.1) is 0 Å². The highest BCUT2D eigenvalue weighted by Gasteiger charge is 2.14. The summed E-state index contributed by atoms with van der Waals surface area (Å²) in [5.74, 6) is 1.44. The lowest BCUT2D eigenvalue weighted by atomic mass is 10.2. The van der Waals surface area contributed by atoms with Gasteiger partial charge in [-0.1, -0.05) is 42.4 Å². The summed E-state index contributed by atoms with van der Waals surface area (Å²) < 4.78 is 10.5. The van der Waals surface area contributed by atoms with Crippen molar-refractivity contribution in [3.05, 3.63) is 66.3 Å². The van der Waals surface area contributed by atoms with E-state index in [1.165, 1.54) is 0 Å². The second kappa shape index (κ2) is 8.80. The second-order valence-corrected chi connectivity index (χ2v) is 5.81. The van der Waals surface area contributed by atoms with Crippen molar-refractivity contribution in [2.45, 2.75) is 19.8 Å². The number of aromatic nitrogens is 2. The van der Waals surface area contributed by atoms with Gasteiger partial charge in [0.25, 0.3) is 0 Å². The summed E-state index contributed by atoms with van der Waals surface area (Å²) in [7, 11) is 0. The summed E-state index contributed by atoms with van der Waals surface area (Å²) in [6, 6.07) is 13.3. The van der Waals surface area contributed by atoms with Gasteiger partial charge in [0.1, 0.15) is 0 Å². The molecule has 2 aromatic heterocycles. The molecule has 0 saturated heterocycles. The van der Waals surface area contributed by atoms with Crippen molar-refractivity contribution >= 4 is 12.0 Å². The Morgan fingerprint density at radius 3 is 2.73 bits per heavy atom. The molecule has 1 amide bonds. The van der Waals surface area contributed by atoms with E-state index in [-0.39, 0.29) is 5.91 Å². The zero-order valence-corrected chi connectivity index (χ0v) is 14.7. The molecule has 0 radical (unpaired) electrons. The Labute approximate surface area is 152 Å². The number of amides is 1. The van der Waals surface area contributed by atoms with Crippen LogP contribution in [0.1, 0.15) is 24.8 Å². The largest absolute Gasteiger partial charge is 0.461 e. The number of hydrogen-bond donors (Lipinski definition) is 0. The zero-order chi connectivity index (χ0) is 18.2. The minimum absolute atomic E-state index is 0.0264. The number of furan rings is 1.